The monoisotopic (exact) mass is 280 g/mol. The molecule has 1 fully saturated rings. The Bertz CT molecular complexity index is 450. The van der Waals surface area contributed by atoms with Gasteiger partial charge in [-0.05, 0) is 36.7 Å². The fourth-order valence-corrected chi connectivity index (χ4v) is 3.10. The highest BCUT2D eigenvalue weighted by Gasteiger charge is 2.33. The van der Waals surface area contributed by atoms with Gasteiger partial charge < -0.3 is 10.5 Å². The molecule has 0 aliphatic heterocycles. The lowest BCUT2D eigenvalue weighted by Gasteiger charge is -2.37. The van der Waals surface area contributed by atoms with E-state index in [1.807, 2.05) is 0 Å². The van der Waals surface area contributed by atoms with Gasteiger partial charge in [-0.15, -0.1) is 0 Å². The number of pyridine rings is 1. The summed E-state index contributed by atoms with van der Waals surface area (Å²) in [6.45, 7) is 6.81. The van der Waals surface area contributed by atoms with Crippen LogP contribution in [0.3, 0.4) is 0 Å². The van der Waals surface area contributed by atoms with Crippen molar-refractivity contribution in [3.05, 3.63) is 23.6 Å². The molecule has 0 amide bonds. The maximum Gasteiger partial charge on any atom is 0.250 e. The average Bonchev–Trinajstić information content (AvgIpc) is 2.41. The Morgan fingerprint density at radius 3 is 2.85 bits per heavy atom. The number of hydrogen-bond donors (Lipinski definition) is 1. The van der Waals surface area contributed by atoms with E-state index >= 15 is 0 Å². The Labute approximate surface area is 120 Å². The van der Waals surface area contributed by atoms with Crippen molar-refractivity contribution in [3.8, 4) is 5.88 Å². The van der Waals surface area contributed by atoms with Crippen molar-refractivity contribution in [2.75, 3.05) is 0 Å². The Morgan fingerprint density at radius 1 is 1.45 bits per heavy atom. The zero-order valence-corrected chi connectivity index (χ0v) is 12.6. The van der Waals surface area contributed by atoms with Gasteiger partial charge in [0.1, 0.15) is 6.10 Å². The van der Waals surface area contributed by atoms with Crippen molar-refractivity contribution in [1.82, 2.24) is 4.98 Å². The first kappa shape index (κ1) is 15.2. The number of rotatable bonds is 4. The Balaban J connectivity index is 2.18. The molecule has 20 heavy (non-hydrogen) atoms. The van der Waals surface area contributed by atoms with Crippen LogP contribution in [0, 0.1) is 23.6 Å². The van der Waals surface area contributed by atoms with E-state index in [-0.39, 0.29) is 18.5 Å². The summed E-state index contributed by atoms with van der Waals surface area (Å²) in [4.78, 5) is 4.05. The molecule has 112 valence electrons. The van der Waals surface area contributed by atoms with E-state index in [0.29, 0.717) is 23.3 Å². The maximum atomic E-state index is 14.2. The minimum atomic E-state index is -0.407. The molecule has 0 radical (unpaired) electrons. The summed E-state index contributed by atoms with van der Waals surface area (Å²) >= 11 is 0. The molecule has 1 aliphatic rings. The number of nitrogens with zero attached hydrogens (tertiary/aromatic N) is 1. The van der Waals surface area contributed by atoms with Crippen LogP contribution in [0.15, 0.2) is 12.3 Å². The van der Waals surface area contributed by atoms with Crippen molar-refractivity contribution in [3.63, 3.8) is 0 Å². The first-order valence-corrected chi connectivity index (χ1v) is 7.53. The number of halogens is 1. The van der Waals surface area contributed by atoms with E-state index in [1.54, 1.807) is 12.3 Å². The van der Waals surface area contributed by atoms with Crippen LogP contribution < -0.4 is 10.5 Å². The lowest BCUT2D eigenvalue weighted by atomic mass is 9.75. The van der Waals surface area contributed by atoms with Gasteiger partial charge in [0, 0.05) is 18.3 Å². The summed E-state index contributed by atoms with van der Waals surface area (Å²) in [7, 11) is 0. The first-order chi connectivity index (χ1) is 9.52. The number of hydrogen-bond acceptors (Lipinski definition) is 3. The molecule has 1 aromatic rings. The SMILES string of the molecule is CC1CCC(C(C)C)C(Oc2nccc(CN)c2F)C1. The molecule has 1 heterocycles. The second-order valence-electron chi connectivity index (χ2n) is 6.28. The Morgan fingerprint density at radius 2 is 2.20 bits per heavy atom. The third-order valence-electron chi connectivity index (χ3n) is 4.38. The Hall–Kier alpha value is -1.16. The van der Waals surface area contributed by atoms with Gasteiger partial charge in [0.25, 0.3) is 5.88 Å². The Kier molecular flexibility index (Phi) is 4.97. The van der Waals surface area contributed by atoms with Gasteiger partial charge >= 0.3 is 0 Å². The standard InChI is InChI=1S/C16H25FN2O/c1-10(2)13-5-4-11(3)8-14(13)20-16-15(17)12(9-18)6-7-19-16/h6-7,10-11,13-14H,4-5,8-9,18H2,1-3H3. The van der Waals surface area contributed by atoms with Gasteiger partial charge in [-0.3, -0.25) is 0 Å². The highest BCUT2D eigenvalue weighted by atomic mass is 19.1. The third kappa shape index (κ3) is 3.29. The molecular weight excluding hydrogens is 255 g/mol. The van der Waals surface area contributed by atoms with Crippen molar-refractivity contribution >= 4 is 0 Å². The average molecular weight is 280 g/mol. The summed E-state index contributed by atoms with van der Waals surface area (Å²) in [5.74, 6) is 1.33. The van der Waals surface area contributed by atoms with E-state index in [0.717, 1.165) is 12.8 Å². The van der Waals surface area contributed by atoms with Crippen LogP contribution in [0.25, 0.3) is 0 Å². The van der Waals surface area contributed by atoms with Gasteiger partial charge in [-0.2, -0.15) is 0 Å². The van der Waals surface area contributed by atoms with Crippen LogP contribution in [0.5, 0.6) is 5.88 Å². The van der Waals surface area contributed by atoms with Gasteiger partial charge in [0.15, 0.2) is 5.82 Å². The number of aromatic nitrogens is 1. The normalized spacial score (nSPS) is 26.8. The van der Waals surface area contributed by atoms with Crippen molar-refractivity contribution in [1.29, 1.82) is 0 Å². The van der Waals surface area contributed by atoms with E-state index in [1.165, 1.54) is 6.42 Å². The van der Waals surface area contributed by atoms with Crippen LogP contribution >= 0.6 is 0 Å². The van der Waals surface area contributed by atoms with Crippen LogP contribution in [0.1, 0.15) is 45.6 Å². The van der Waals surface area contributed by atoms with Crippen molar-refractivity contribution in [2.45, 2.75) is 52.7 Å². The van der Waals surface area contributed by atoms with Crippen LogP contribution in [-0.2, 0) is 6.54 Å². The summed E-state index contributed by atoms with van der Waals surface area (Å²) in [5.41, 5.74) is 5.99. The summed E-state index contributed by atoms with van der Waals surface area (Å²) in [6, 6.07) is 1.60. The fourth-order valence-electron chi connectivity index (χ4n) is 3.10. The molecule has 3 unspecified atom stereocenters. The summed E-state index contributed by atoms with van der Waals surface area (Å²) < 4.78 is 20.1. The van der Waals surface area contributed by atoms with Crippen LogP contribution in [0.4, 0.5) is 4.39 Å². The molecule has 3 atom stereocenters. The molecule has 0 aromatic carbocycles. The summed E-state index contributed by atoms with van der Waals surface area (Å²) in [6.07, 6.45) is 4.95. The van der Waals surface area contributed by atoms with Gasteiger partial charge in [0.05, 0.1) is 0 Å². The third-order valence-corrected chi connectivity index (χ3v) is 4.38. The lowest BCUT2D eigenvalue weighted by Crippen LogP contribution is -2.36. The molecule has 0 bridgehead atoms. The van der Waals surface area contributed by atoms with Gasteiger partial charge in [-0.25, -0.2) is 9.37 Å². The molecule has 3 nitrogen and oxygen atoms in total. The molecule has 1 saturated carbocycles. The molecule has 1 aliphatic carbocycles. The molecular formula is C16H25FN2O. The van der Waals surface area contributed by atoms with E-state index in [2.05, 4.69) is 25.8 Å². The highest BCUT2D eigenvalue weighted by Crippen LogP contribution is 2.36. The zero-order valence-electron chi connectivity index (χ0n) is 12.6. The number of nitrogens with two attached hydrogens (primary N) is 1. The minimum Gasteiger partial charge on any atom is -0.472 e. The number of ether oxygens (including phenoxy) is 1. The molecule has 1 aromatic heterocycles. The van der Waals surface area contributed by atoms with Crippen LogP contribution in [-0.4, -0.2) is 11.1 Å². The largest absolute Gasteiger partial charge is 0.472 e. The zero-order chi connectivity index (χ0) is 14.7. The first-order valence-electron chi connectivity index (χ1n) is 7.53. The highest BCUT2D eigenvalue weighted by molar-refractivity contribution is 5.23. The van der Waals surface area contributed by atoms with Gasteiger partial charge in [-0.1, -0.05) is 27.2 Å². The van der Waals surface area contributed by atoms with E-state index in [9.17, 15) is 4.39 Å². The van der Waals surface area contributed by atoms with E-state index in [4.69, 9.17) is 10.5 Å². The topological polar surface area (TPSA) is 48.1 Å². The fraction of sp³-hybridized carbons (Fsp3) is 0.688. The predicted molar refractivity (Wildman–Crippen MR) is 77.8 cm³/mol. The molecule has 0 saturated heterocycles. The van der Waals surface area contributed by atoms with Crippen LogP contribution in [0.2, 0.25) is 0 Å². The quantitative estimate of drug-likeness (QED) is 0.918. The molecule has 4 heteroatoms. The van der Waals surface area contributed by atoms with Gasteiger partial charge in [0.2, 0.25) is 0 Å². The molecule has 2 rings (SSSR count). The molecule has 2 N–H and O–H groups in total. The maximum absolute atomic E-state index is 14.2. The van der Waals surface area contributed by atoms with Crippen molar-refractivity contribution in [2.24, 2.45) is 23.5 Å². The predicted octanol–water partition coefficient (Wildman–Crippen LogP) is 3.52. The second-order valence-corrected chi connectivity index (χ2v) is 6.28. The second kappa shape index (κ2) is 6.53. The lowest BCUT2D eigenvalue weighted by molar-refractivity contribution is 0.0393. The smallest absolute Gasteiger partial charge is 0.250 e. The van der Waals surface area contributed by atoms with E-state index < -0.39 is 5.82 Å². The summed E-state index contributed by atoms with van der Waals surface area (Å²) in [5, 5.41) is 0. The molecule has 0 spiro atoms. The van der Waals surface area contributed by atoms with Crippen molar-refractivity contribution < 1.29 is 9.13 Å². The minimum absolute atomic E-state index is 0.0498.